The standard InChI is InChI=1S/C3H11N2.C2H6O4S/c1-5(2,3)4;1-2-6-7(3,4)5/h4H2,1-3H3;2H2,1H3,(H,3,4,5)/q+1;/p-1. The largest absolute Gasteiger partial charge is 0.726 e. The van der Waals surface area contributed by atoms with Gasteiger partial charge in [-0.25, -0.2) is 8.42 Å². The Balaban J connectivity index is 0. The van der Waals surface area contributed by atoms with Crippen molar-refractivity contribution in [2.45, 2.75) is 6.92 Å². The van der Waals surface area contributed by atoms with Gasteiger partial charge in [0.05, 0.1) is 27.7 Å². The van der Waals surface area contributed by atoms with E-state index >= 15 is 0 Å². The van der Waals surface area contributed by atoms with Crippen LogP contribution in [-0.4, -0.2) is 45.3 Å². The van der Waals surface area contributed by atoms with Gasteiger partial charge >= 0.3 is 0 Å². The summed E-state index contributed by atoms with van der Waals surface area (Å²) >= 11 is 0. The fourth-order valence-electron chi connectivity index (χ4n) is 0.144. The van der Waals surface area contributed by atoms with Crippen LogP contribution in [-0.2, 0) is 14.6 Å². The molecule has 0 saturated carbocycles. The summed E-state index contributed by atoms with van der Waals surface area (Å²) < 4.78 is 32.5. The maximum absolute atomic E-state index is 9.45. The summed E-state index contributed by atoms with van der Waals surface area (Å²) in [5.41, 5.74) is 0. The minimum Gasteiger partial charge on any atom is -0.726 e. The molecule has 0 aromatic heterocycles. The van der Waals surface area contributed by atoms with E-state index in [0.717, 1.165) is 0 Å². The molecule has 12 heavy (non-hydrogen) atoms. The Morgan fingerprint density at radius 1 is 1.42 bits per heavy atom. The van der Waals surface area contributed by atoms with Gasteiger partial charge in [-0.15, -0.1) is 0 Å². The molecule has 0 aliphatic rings. The third-order valence-electron chi connectivity index (χ3n) is 0.262. The smallest absolute Gasteiger partial charge is 0.217 e. The number of nitrogens with two attached hydrogens (primary N) is 1. The van der Waals surface area contributed by atoms with Crippen LogP contribution in [0.4, 0.5) is 0 Å². The molecule has 7 heteroatoms. The van der Waals surface area contributed by atoms with E-state index in [-0.39, 0.29) is 6.61 Å². The molecule has 0 fully saturated rings. The second-order valence-electron chi connectivity index (χ2n) is 2.93. The normalized spacial score (nSPS) is 11.8. The first-order chi connectivity index (χ1) is 5.06. The summed E-state index contributed by atoms with van der Waals surface area (Å²) in [5, 5.41) is 0. The monoisotopic (exact) mass is 200 g/mol. The number of hydrogen-bond donors (Lipinski definition) is 1. The molecule has 0 saturated heterocycles. The zero-order valence-corrected chi connectivity index (χ0v) is 8.59. The predicted octanol–water partition coefficient (Wildman–Crippen LogP) is -0.951. The maximum Gasteiger partial charge on any atom is 0.217 e. The molecule has 6 nitrogen and oxygen atoms in total. The van der Waals surface area contributed by atoms with E-state index in [1.54, 1.807) is 0 Å². The van der Waals surface area contributed by atoms with E-state index in [2.05, 4.69) is 4.18 Å². The van der Waals surface area contributed by atoms with Crippen LogP contribution in [0.15, 0.2) is 0 Å². The Kier molecular flexibility index (Phi) is 6.49. The van der Waals surface area contributed by atoms with Gasteiger partial charge in [0.25, 0.3) is 0 Å². The van der Waals surface area contributed by atoms with Gasteiger partial charge in [0, 0.05) is 0 Å². The average Bonchev–Trinajstić information content (AvgIpc) is 1.54. The second-order valence-corrected chi connectivity index (χ2v) is 3.98. The van der Waals surface area contributed by atoms with Gasteiger partial charge in [-0.05, 0) is 6.92 Å². The summed E-state index contributed by atoms with van der Waals surface area (Å²) in [5.74, 6) is 5.29. The molecule has 0 heterocycles. The van der Waals surface area contributed by atoms with Crippen molar-refractivity contribution in [1.82, 2.24) is 0 Å². The number of hydrogen-bond acceptors (Lipinski definition) is 5. The molecule has 76 valence electrons. The molecule has 0 rings (SSSR count). The Morgan fingerprint density at radius 2 is 1.67 bits per heavy atom. The van der Waals surface area contributed by atoms with E-state index in [1.807, 2.05) is 21.1 Å². The SMILES string of the molecule is CCOS(=O)(=O)[O-].C[N+](C)(C)N. The molecule has 0 aromatic rings. The topological polar surface area (TPSA) is 92.5 Å². The van der Waals surface area contributed by atoms with Crippen molar-refractivity contribution in [3.05, 3.63) is 0 Å². The van der Waals surface area contributed by atoms with Crippen LogP contribution < -0.4 is 5.84 Å². The van der Waals surface area contributed by atoms with Gasteiger partial charge in [-0.3, -0.25) is 8.78 Å². The molecule has 2 N–H and O–H groups in total. The first kappa shape index (κ1) is 14.3. The molecular weight excluding hydrogens is 184 g/mol. The Labute approximate surface area is 73.4 Å². The van der Waals surface area contributed by atoms with Crippen LogP contribution >= 0.6 is 0 Å². The predicted molar refractivity (Wildman–Crippen MR) is 43.5 cm³/mol. The summed E-state index contributed by atoms with van der Waals surface area (Å²) in [4.78, 5) is 0. The quantitative estimate of drug-likeness (QED) is 0.204. The van der Waals surface area contributed by atoms with E-state index in [1.165, 1.54) is 6.92 Å². The number of rotatable bonds is 2. The van der Waals surface area contributed by atoms with E-state index in [9.17, 15) is 13.0 Å². The van der Waals surface area contributed by atoms with Crippen molar-refractivity contribution in [3.8, 4) is 0 Å². The Morgan fingerprint density at radius 3 is 1.67 bits per heavy atom. The van der Waals surface area contributed by atoms with Crippen molar-refractivity contribution in [1.29, 1.82) is 0 Å². The van der Waals surface area contributed by atoms with Crippen LogP contribution in [0.3, 0.4) is 0 Å². The third-order valence-corrected chi connectivity index (χ3v) is 0.787. The number of nitrogens with zero attached hydrogens (tertiary/aromatic N) is 1. The van der Waals surface area contributed by atoms with Gasteiger partial charge in [0.15, 0.2) is 0 Å². The first-order valence-electron chi connectivity index (χ1n) is 3.26. The van der Waals surface area contributed by atoms with Crippen molar-refractivity contribution >= 4 is 10.4 Å². The molecule has 0 amide bonds. The molecule has 0 radical (unpaired) electrons. The fourth-order valence-corrected chi connectivity index (χ4v) is 0.433. The summed E-state index contributed by atoms with van der Waals surface area (Å²) in [7, 11) is 1.28. The summed E-state index contributed by atoms with van der Waals surface area (Å²) in [6.45, 7) is 1.33. The third kappa shape index (κ3) is 52.7. The molecule has 0 spiro atoms. The second kappa shape index (κ2) is 5.44. The Hall–Kier alpha value is -0.210. The molecule has 0 aromatic carbocycles. The van der Waals surface area contributed by atoms with E-state index in [0.29, 0.717) is 4.59 Å². The van der Waals surface area contributed by atoms with Crippen LogP contribution in [0.1, 0.15) is 6.92 Å². The van der Waals surface area contributed by atoms with Crippen molar-refractivity contribution in [3.63, 3.8) is 0 Å². The number of quaternary nitrogens is 1. The lowest BCUT2D eigenvalue weighted by molar-refractivity contribution is -0.882. The van der Waals surface area contributed by atoms with Gasteiger partial charge in [0.2, 0.25) is 10.4 Å². The van der Waals surface area contributed by atoms with Gasteiger partial charge in [-0.2, -0.15) is 5.84 Å². The van der Waals surface area contributed by atoms with Crippen LogP contribution in [0, 0.1) is 0 Å². The zero-order chi connectivity index (χ0) is 10.4. The highest BCUT2D eigenvalue weighted by Gasteiger charge is 1.89. The summed E-state index contributed by atoms with van der Waals surface area (Å²) in [6, 6.07) is 0. The lowest BCUT2D eigenvalue weighted by Crippen LogP contribution is -2.41. The fraction of sp³-hybridized carbons (Fsp3) is 1.00. The van der Waals surface area contributed by atoms with Gasteiger partial charge < -0.3 is 4.55 Å². The average molecular weight is 200 g/mol. The molecule has 0 aliphatic heterocycles. The van der Waals surface area contributed by atoms with Crippen molar-refractivity contribution < 1.29 is 21.7 Å². The first-order valence-corrected chi connectivity index (χ1v) is 4.60. The minimum atomic E-state index is -4.42. The Bertz CT molecular complexity index is 188. The van der Waals surface area contributed by atoms with Crippen LogP contribution in [0.5, 0.6) is 0 Å². The van der Waals surface area contributed by atoms with E-state index < -0.39 is 10.4 Å². The summed E-state index contributed by atoms with van der Waals surface area (Å²) in [6.07, 6.45) is 0. The van der Waals surface area contributed by atoms with Crippen LogP contribution in [0.2, 0.25) is 0 Å². The van der Waals surface area contributed by atoms with E-state index in [4.69, 9.17) is 5.84 Å². The maximum atomic E-state index is 9.45. The molecule has 0 atom stereocenters. The lowest BCUT2D eigenvalue weighted by Gasteiger charge is -2.12. The molecular formula is C5H16N2O4S. The van der Waals surface area contributed by atoms with Crippen molar-refractivity contribution in [2.24, 2.45) is 5.84 Å². The highest BCUT2D eigenvalue weighted by molar-refractivity contribution is 7.80. The molecule has 0 unspecified atom stereocenters. The van der Waals surface area contributed by atoms with Crippen LogP contribution in [0.25, 0.3) is 0 Å². The van der Waals surface area contributed by atoms with Gasteiger partial charge in [0.1, 0.15) is 0 Å². The molecule has 0 bridgehead atoms. The van der Waals surface area contributed by atoms with Gasteiger partial charge in [-0.1, -0.05) is 0 Å². The highest BCUT2D eigenvalue weighted by Crippen LogP contribution is 1.80. The van der Waals surface area contributed by atoms with Crippen molar-refractivity contribution in [2.75, 3.05) is 27.7 Å². The lowest BCUT2D eigenvalue weighted by atomic mass is 10.9. The minimum absolute atomic E-state index is 0.0914. The zero-order valence-electron chi connectivity index (χ0n) is 7.77. The molecule has 0 aliphatic carbocycles. The highest BCUT2D eigenvalue weighted by atomic mass is 32.3.